The van der Waals surface area contributed by atoms with E-state index in [0.29, 0.717) is 6.42 Å². The highest BCUT2D eigenvalue weighted by atomic mass is 16.4. The van der Waals surface area contributed by atoms with Crippen molar-refractivity contribution in [1.29, 1.82) is 0 Å². The first-order valence-electron chi connectivity index (χ1n) is 5.33. The third-order valence-electron chi connectivity index (χ3n) is 2.74. The summed E-state index contributed by atoms with van der Waals surface area (Å²) in [5, 5.41) is 20.0. The predicted molar refractivity (Wildman–Crippen MR) is 63.6 cm³/mol. The predicted octanol–water partition coefficient (Wildman–Crippen LogP) is -0.624. The van der Waals surface area contributed by atoms with Gasteiger partial charge in [-0.05, 0) is 24.1 Å². The Labute approximate surface area is 97.6 Å². The van der Waals surface area contributed by atoms with Crippen LogP contribution < -0.4 is 16.3 Å². The van der Waals surface area contributed by atoms with Gasteiger partial charge in [-0.1, -0.05) is 6.08 Å². The number of carboxylic acid groups (broad SMARTS) is 1. The van der Waals surface area contributed by atoms with E-state index in [1.54, 1.807) is 18.3 Å². The Morgan fingerprint density at radius 1 is 1.53 bits per heavy atom. The van der Waals surface area contributed by atoms with Gasteiger partial charge in [-0.15, -0.1) is 0 Å². The summed E-state index contributed by atoms with van der Waals surface area (Å²) in [4.78, 5) is 13.8. The summed E-state index contributed by atoms with van der Waals surface area (Å²) in [7, 11) is 0. The van der Waals surface area contributed by atoms with Crippen molar-refractivity contribution in [3.63, 3.8) is 0 Å². The van der Waals surface area contributed by atoms with Gasteiger partial charge in [0.15, 0.2) is 0 Å². The zero-order valence-corrected chi connectivity index (χ0v) is 9.18. The number of aromatic nitrogens is 1. The van der Waals surface area contributed by atoms with Crippen molar-refractivity contribution in [3.8, 4) is 0 Å². The Bertz CT molecular complexity index is 583. The number of allylic oxidation sites excluding steroid dienone is 2. The number of nitrogens with one attached hydrogen (secondary N) is 1. The van der Waals surface area contributed by atoms with E-state index < -0.39 is 12.0 Å². The Balaban J connectivity index is 2.42. The number of rotatable bonds is 3. The minimum Gasteiger partial charge on any atom is -0.508 e. The molecule has 0 spiro atoms. The highest BCUT2D eigenvalue weighted by Crippen LogP contribution is 2.00. The fraction of sp³-hybridized carbons (Fsp3) is 0.250. The largest absolute Gasteiger partial charge is 0.508 e. The van der Waals surface area contributed by atoms with Gasteiger partial charge in [0.2, 0.25) is 0 Å². The van der Waals surface area contributed by atoms with Crippen LogP contribution in [-0.2, 0) is 11.2 Å². The molecule has 0 aliphatic heterocycles. The maximum atomic E-state index is 10.7. The van der Waals surface area contributed by atoms with Crippen LogP contribution in [0.5, 0.6) is 0 Å². The van der Waals surface area contributed by atoms with Crippen molar-refractivity contribution in [3.05, 3.63) is 34.2 Å². The van der Waals surface area contributed by atoms with Crippen LogP contribution in [0.3, 0.4) is 0 Å². The van der Waals surface area contributed by atoms with Gasteiger partial charge >= 0.3 is 5.97 Å². The summed E-state index contributed by atoms with van der Waals surface area (Å²) < 4.78 is 0. The molecule has 5 N–H and O–H groups in total. The minimum atomic E-state index is -1.03. The highest BCUT2D eigenvalue weighted by molar-refractivity contribution is 5.73. The number of fused-ring (bicyclic) bond motifs is 1. The summed E-state index contributed by atoms with van der Waals surface area (Å²) >= 11 is 0. The molecule has 0 saturated carbocycles. The van der Waals surface area contributed by atoms with E-state index in [9.17, 15) is 9.90 Å². The minimum absolute atomic E-state index is 0.185. The molecule has 0 fully saturated rings. The number of aliphatic carboxylic acids is 1. The Morgan fingerprint density at radius 3 is 3.00 bits per heavy atom. The molecule has 17 heavy (non-hydrogen) atoms. The van der Waals surface area contributed by atoms with Crippen molar-refractivity contribution in [1.82, 2.24) is 4.98 Å². The smallest absolute Gasteiger partial charge is 0.320 e. The SMILES string of the molecule is NC(Cc1c[nH]c2c1=CC(O)=CCC=2)C(=O)O. The molecule has 1 heterocycles. The second-order valence-corrected chi connectivity index (χ2v) is 4.00. The molecular weight excluding hydrogens is 220 g/mol. The van der Waals surface area contributed by atoms with Gasteiger partial charge in [-0.3, -0.25) is 4.79 Å². The van der Waals surface area contributed by atoms with Crippen LogP contribution in [0.1, 0.15) is 12.0 Å². The maximum absolute atomic E-state index is 10.7. The van der Waals surface area contributed by atoms with Crippen LogP contribution in [0.2, 0.25) is 0 Å². The fourth-order valence-corrected chi connectivity index (χ4v) is 1.83. The average molecular weight is 234 g/mol. The average Bonchev–Trinajstić information content (AvgIpc) is 2.53. The lowest BCUT2D eigenvalue weighted by Gasteiger charge is -2.03. The third kappa shape index (κ3) is 2.39. The van der Waals surface area contributed by atoms with E-state index in [2.05, 4.69) is 4.98 Å². The van der Waals surface area contributed by atoms with Crippen LogP contribution in [-0.4, -0.2) is 27.2 Å². The first-order chi connectivity index (χ1) is 8.08. The van der Waals surface area contributed by atoms with E-state index in [1.807, 2.05) is 6.08 Å². The lowest BCUT2D eigenvalue weighted by atomic mass is 10.1. The molecule has 1 unspecified atom stereocenters. The molecule has 1 aliphatic rings. The number of carboxylic acids is 1. The van der Waals surface area contributed by atoms with E-state index in [0.717, 1.165) is 16.1 Å². The molecule has 90 valence electrons. The van der Waals surface area contributed by atoms with E-state index in [-0.39, 0.29) is 12.2 Å². The first kappa shape index (κ1) is 11.5. The number of aromatic amines is 1. The molecular formula is C12H14N2O3. The summed E-state index contributed by atoms with van der Waals surface area (Å²) in [6, 6.07) is -0.933. The molecule has 0 aromatic carbocycles. The highest BCUT2D eigenvalue weighted by Gasteiger charge is 2.14. The summed E-state index contributed by atoms with van der Waals surface area (Å²) in [5.74, 6) is -0.845. The molecule has 5 heteroatoms. The molecule has 5 nitrogen and oxygen atoms in total. The van der Waals surface area contributed by atoms with Gasteiger partial charge in [-0.2, -0.15) is 0 Å². The third-order valence-corrected chi connectivity index (χ3v) is 2.74. The molecule has 1 aromatic rings. The Hall–Kier alpha value is -2.01. The molecule has 1 atom stereocenters. The number of aliphatic hydroxyl groups is 1. The molecule has 1 aliphatic carbocycles. The van der Waals surface area contributed by atoms with Crippen LogP contribution >= 0.6 is 0 Å². The van der Waals surface area contributed by atoms with Crippen molar-refractivity contribution in [2.45, 2.75) is 18.9 Å². The van der Waals surface area contributed by atoms with Crippen molar-refractivity contribution in [2.24, 2.45) is 5.73 Å². The molecule has 0 saturated heterocycles. The normalized spacial score (nSPS) is 15.9. The second kappa shape index (κ2) is 4.47. The van der Waals surface area contributed by atoms with Crippen LogP contribution in [0.4, 0.5) is 0 Å². The quantitative estimate of drug-likeness (QED) is 0.560. The number of hydrogen-bond acceptors (Lipinski definition) is 3. The summed E-state index contributed by atoms with van der Waals surface area (Å²) in [6.45, 7) is 0. The Kier molecular flexibility index (Phi) is 3.01. The number of nitrogens with two attached hydrogens (primary N) is 1. The fourth-order valence-electron chi connectivity index (χ4n) is 1.83. The van der Waals surface area contributed by atoms with Crippen molar-refractivity contribution >= 4 is 18.1 Å². The van der Waals surface area contributed by atoms with Gasteiger partial charge < -0.3 is 20.9 Å². The lowest BCUT2D eigenvalue weighted by Crippen LogP contribution is -2.35. The van der Waals surface area contributed by atoms with Crippen LogP contribution in [0.15, 0.2) is 18.0 Å². The summed E-state index contributed by atoms with van der Waals surface area (Å²) in [5.41, 5.74) is 6.30. The van der Waals surface area contributed by atoms with Crippen LogP contribution in [0.25, 0.3) is 12.2 Å². The molecule has 0 radical (unpaired) electrons. The standard InChI is InChI=1S/C12H14N2O3/c13-10(12(16)17)4-7-6-14-11-3-1-2-8(15)5-9(7)11/h2-3,5-6,10,14-15H,1,4,13H2,(H,16,17). The van der Waals surface area contributed by atoms with E-state index >= 15 is 0 Å². The van der Waals surface area contributed by atoms with Gasteiger partial charge in [0.1, 0.15) is 11.8 Å². The number of aliphatic hydroxyl groups excluding tert-OH is 1. The zero-order chi connectivity index (χ0) is 12.4. The van der Waals surface area contributed by atoms with Gasteiger partial charge in [0.25, 0.3) is 0 Å². The topological polar surface area (TPSA) is 99.3 Å². The zero-order valence-electron chi connectivity index (χ0n) is 9.18. The van der Waals surface area contributed by atoms with E-state index in [1.165, 1.54) is 0 Å². The number of carbonyl (C=O) groups is 1. The summed E-state index contributed by atoms with van der Waals surface area (Å²) in [6.07, 6.45) is 7.86. The Morgan fingerprint density at radius 2 is 2.29 bits per heavy atom. The van der Waals surface area contributed by atoms with Crippen molar-refractivity contribution in [2.75, 3.05) is 0 Å². The first-order valence-corrected chi connectivity index (χ1v) is 5.33. The molecule has 2 rings (SSSR count). The van der Waals surface area contributed by atoms with Crippen molar-refractivity contribution < 1.29 is 15.0 Å². The van der Waals surface area contributed by atoms with Gasteiger partial charge in [0.05, 0.1) is 0 Å². The number of H-pyrrole nitrogens is 1. The molecule has 0 bridgehead atoms. The monoisotopic (exact) mass is 234 g/mol. The van der Waals surface area contributed by atoms with Crippen LogP contribution in [0, 0.1) is 0 Å². The lowest BCUT2D eigenvalue weighted by molar-refractivity contribution is -0.138. The van der Waals surface area contributed by atoms with Gasteiger partial charge in [0, 0.05) is 23.2 Å². The van der Waals surface area contributed by atoms with Gasteiger partial charge in [-0.25, -0.2) is 0 Å². The number of hydrogen-bond donors (Lipinski definition) is 4. The van der Waals surface area contributed by atoms with E-state index in [4.69, 9.17) is 10.8 Å². The second-order valence-electron chi connectivity index (χ2n) is 4.00. The molecule has 0 amide bonds. The molecule has 1 aromatic heterocycles. The maximum Gasteiger partial charge on any atom is 0.320 e.